The molecule has 34 heavy (non-hydrogen) atoms. The third-order valence-electron chi connectivity index (χ3n) is 8.17. The molecule has 3 saturated carbocycles. The van der Waals surface area contributed by atoms with E-state index in [0.717, 1.165) is 31.1 Å². The summed E-state index contributed by atoms with van der Waals surface area (Å²) in [6.45, 7) is 6.65. The number of nitrogens with two attached hydrogens (primary N) is 1. The lowest BCUT2D eigenvalue weighted by atomic mass is 10.0. The van der Waals surface area contributed by atoms with Crippen molar-refractivity contribution < 1.29 is 18.3 Å². The Hall–Kier alpha value is -2.39. The average molecular weight is 474 g/mol. The second-order valence-electron chi connectivity index (χ2n) is 10.3. The number of nitrogens with zero attached hydrogens (tertiary/aromatic N) is 4. The molecule has 184 valence electrons. The number of alkyl halides is 2. The smallest absolute Gasteiger partial charge is 0.387 e. The standard InChI is InChI=1S/C25H33F2N5O2/c1-13(2)31-19(9-18(28)14-7-21(34-24(26)27)23(29-3)30-11-14)22-16-8-20(17-10-25(16,17)22)32-6-5-15(12-32)33-4/h7,9,11,13,15-17,20,22,24H,3,5-6,8,10,12,28H2,1-2,4H3. The number of allylic oxidation sites excluding steroid dienone is 1. The summed E-state index contributed by atoms with van der Waals surface area (Å²) in [5, 5.41) is 0. The molecule has 2 heterocycles. The van der Waals surface area contributed by atoms with Gasteiger partial charge >= 0.3 is 6.61 Å². The van der Waals surface area contributed by atoms with E-state index < -0.39 is 6.61 Å². The van der Waals surface area contributed by atoms with Gasteiger partial charge in [0, 0.05) is 61.4 Å². The maximum Gasteiger partial charge on any atom is 0.387 e. The molecule has 4 fully saturated rings. The number of hydrogen-bond donors (Lipinski definition) is 1. The first-order valence-corrected chi connectivity index (χ1v) is 12.0. The monoisotopic (exact) mass is 473 g/mol. The first-order valence-electron chi connectivity index (χ1n) is 12.0. The molecule has 1 saturated heterocycles. The van der Waals surface area contributed by atoms with E-state index in [-0.39, 0.29) is 17.6 Å². The molecule has 9 heteroatoms. The normalized spacial score (nSPS) is 35.0. The van der Waals surface area contributed by atoms with E-state index in [1.807, 2.05) is 6.08 Å². The van der Waals surface area contributed by atoms with Gasteiger partial charge in [-0.15, -0.1) is 0 Å². The van der Waals surface area contributed by atoms with Crippen LogP contribution in [-0.4, -0.2) is 67.3 Å². The van der Waals surface area contributed by atoms with E-state index in [9.17, 15) is 8.78 Å². The Morgan fingerprint density at radius 2 is 2.18 bits per heavy atom. The predicted molar refractivity (Wildman–Crippen MR) is 128 cm³/mol. The Bertz CT molecular complexity index is 1030. The van der Waals surface area contributed by atoms with Crippen molar-refractivity contribution in [3.05, 3.63) is 23.9 Å². The number of aliphatic imine (C=N–C) groups is 2. The molecule has 0 aromatic carbocycles. The summed E-state index contributed by atoms with van der Waals surface area (Å²) in [7, 11) is 1.81. The van der Waals surface area contributed by atoms with Crippen LogP contribution in [-0.2, 0) is 4.74 Å². The van der Waals surface area contributed by atoms with Gasteiger partial charge in [0.05, 0.1) is 6.10 Å². The molecule has 1 aliphatic heterocycles. The molecular formula is C25H33F2N5O2. The zero-order valence-corrected chi connectivity index (χ0v) is 20.0. The van der Waals surface area contributed by atoms with E-state index in [1.165, 1.54) is 25.1 Å². The molecule has 1 aromatic heterocycles. The average Bonchev–Trinajstić information content (AvgIpc) is 3.55. The van der Waals surface area contributed by atoms with Crippen LogP contribution in [0.1, 0.15) is 38.7 Å². The largest absolute Gasteiger partial charge is 0.431 e. The first kappa shape index (κ1) is 23.4. The van der Waals surface area contributed by atoms with Crippen LogP contribution in [0.3, 0.4) is 0 Å². The summed E-state index contributed by atoms with van der Waals surface area (Å²) in [5.74, 6) is 1.63. The number of likely N-dealkylation sites (tertiary alicyclic amines) is 1. The fraction of sp³-hybridized carbons (Fsp3) is 0.640. The minimum Gasteiger partial charge on any atom is -0.431 e. The van der Waals surface area contributed by atoms with Gasteiger partial charge in [0.2, 0.25) is 0 Å². The van der Waals surface area contributed by atoms with Crippen LogP contribution >= 0.6 is 0 Å². The quantitative estimate of drug-likeness (QED) is 0.550. The maximum absolute atomic E-state index is 12.8. The number of rotatable bonds is 9. The summed E-state index contributed by atoms with van der Waals surface area (Å²) < 4.78 is 35.8. The van der Waals surface area contributed by atoms with Gasteiger partial charge in [0.1, 0.15) is 0 Å². The molecule has 0 bridgehead atoms. The van der Waals surface area contributed by atoms with Gasteiger partial charge in [-0.2, -0.15) is 8.78 Å². The van der Waals surface area contributed by atoms with E-state index in [1.54, 1.807) is 7.11 Å². The number of halogens is 2. The molecule has 4 aliphatic rings. The molecule has 6 atom stereocenters. The van der Waals surface area contributed by atoms with Gasteiger partial charge in [-0.05, 0) is 69.2 Å². The van der Waals surface area contributed by atoms with Crippen molar-refractivity contribution in [2.45, 2.75) is 57.9 Å². The Kier molecular flexibility index (Phi) is 5.96. The van der Waals surface area contributed by atoms with E-state index >= 15 is 0 Å². The SMILES string of the molecule is C=Nc1ncc(C(N)=CC(=NC(C)C)C2C3CC(N4CCC(OC)C4)C4CC432)cc1OC(F)F. The Balaban J connectivity index is 1.35. The number of methoxy groups -OCH3 is 1. The lowest BCUT2D eigenvalue weighted by molar-refractivity contribution is -0.0496. The fourth-order valence-corrected chi connectivity index (χ4v) is 6.70. The highest BCUT2D eigenvalue weighted by Crippen LogP contribution is 2.86. The Labute approximate surface area is 199 Å². The predicted octanol–water partition coefficient (Wildman–Crippen LogP) is 3.91. The van der Waals surface area contributed by atoms with Crippen LogP contribution in [0.15, 0.2) is 28.3 Å². The summed E-state index contributed by atoms with van der Waals surface area (Å²) in [4.78, 5) is 15.3. The highest BCUT2D eigenvalue weighted by Gasteiger charge is 2.84. The van der Waals surface area contributed by atoms with Crippen molar-refractivity contribution in [1.82, 2.24) is 9.88 Å². The van der Waals surface area contributed by atoms with Crippen LogP contribution < -0.4 is 10.5 Å². The first-order chi connectivity index (χ1) is 16.3. The second kappa shape index (κ2) is 8.68. The van der Waals surface area contributed by atoms with Crippen molar-refractivity contribution in [3.63, 3.8) is 0 Å². The van der Waals surface area contributed by atoms with Crippen LogP contribution in [0.2, 0.25) is 0 Å². The summed E-state index contributed by atoms with van der Waals surface area (Å²) in [6, 6.07) is 2.22. The Morgan fingerprint density at radius 1 is 1.38 bits per heavy atom. The topological polar surface area (TPSA) is 85.3 Å². The minimum absolute atomic E-state index is 0.00743. The summed E-state index contributed by atoms with van der Waals surface area (Å²) in [5.41, 5.74) is 8.72. The highest BCUT2D eigenvalue weighted by atomic mass is 19.3. The van der Waals surface area contributed by atoms with Crippen molar-refractivity contribution in [3.8, 4) is 5.75 Å². The number of hydrogen-bond acceptors (Lipinski definition) is 7. The molecule has 3 aliphatic carbocycles. The molecule has 2 N–H and O–H groups in total. The van der Waals surface area contributed by atoms with E-state index in [4.69, 9.17) is 15.5 Å². The van der Waals surface area contributed by atoms with Crippen LogP contribution in [0, 0.1) is 23.2 Å². The molecule has 6 unspecified atom stereocenters. The van der Waals surface area contributed by atoms with Crippen molar-refractivity contribution in [2.24, 2.45) is 38.9 Å². The van der Waals surface area contributed by atoms with Gasteiger partial charge in [-0.1, -0.05) is 0 Å². The molecular weight excluding hydrogens is 440 g/mol. The maximum atomic E-state index is 12.8. The van der Waals surface area contributed by atoms with Crippen LogP contribution in [0.4, 0.5) is 14.6 Å². The van der Waals surface area contributed by atoms with Crippen molar-refractivity contribution >= 4 is 23.9 Å². The number of ether oxygens (including phenoxy) is 2. The van der Waals surface area contributed by atoms with Gasteiger partial charge < -0.3 is 15.2 Å². The minimum atomic E-state index is -2.99. The highest BCUT2D eigenvalue weighted by molar-refractivity contribution is 6.05. The van der Waals surface area contributed by atoms with Crippen molar-refractivity contribution in [1.29, 1.82) is 0 Å². The summed E-state index contributed by atoms with van der Waals surface area (Å²) in [6.07, 6.45) is 7.33. The summed E-state index contributed by atoms with van der Waals surface area (Å²) >= 11 is 0. The zero-order chi connectivity index (χ0) is 24.2. The number of pyridine rings is 1. The zero-order valence-electron chi connectivity index (χ0n) is 20.0. The lowest BCUT2D eigenvalue weighted by Crippen LogP contribution is -2.36. The van der Waals surface area contributed by atoms with Gasteiger partial charge in [-0.25, -0.2) is 9.98 Å². The molecule has 5 rings (SSSR count). The van der Waals surface area contributed by atoms with E-state index in [0.29, 0.717) is 40.7 Å². The van der Waals surface area contributed by atoms with Gasteiger partial charge in [0.15, 0.2) is 11.6 Å². The van der Waals surface area contributed by atoms with Gasteiger partial charge in [0.25, 0.3) is 0 Å². The number of aromatic nitrogens is 1. The third kappa shape index (κ3) is 3.92. The molecule has 0 amide bonds. The molecule has 0 radical (unpaired) electrons. The molecule has 7 nitrogen and oxygen atoms in total. The molecule has 1 spiro atoms. The Morgan fingerprint density at radius 3 is 2.76 bits per heavy atom. The van der Waals surface area contributed by atoms with Crippen LogP contribution in [0.25, 0.3) is 5.70 Å². The van der Waals surface area contributed by atoms with Gasteiger partial charge in [-0.3, -0.25) is 9.89 Å². The molecule has 1 aromatic rings. The van der Waals surface area contributed by atoms with E-state index in [2.05, 4.69) is 40.2 Å². The second-order valence-corrected chi connectivity index (χ2v) is 10.3. The van der Waals surface area contributed by atoms with Crippen LogP contribution in [0.5, 0.6) is 5.75 Å². The fourth-order valence-electron chi connectivity index (χ4n) is 6.70. The van der Waals surface area contributed by atoms with Crippen molar-refractivity contribution in [2.75, 3.05) is 20.2 Å². The lowest BCUT2D eigenvalue weighted by Gasteiger charge is -2.27. The third-order valence-corrected chi connectivity index (χ3v) is 8.17.